The lowest BCUT2D eigenvalue weighted by molar-refractivity contribution is 0.187. The maximum absolute atomic E-state index is 10.2. The molecule has 0 radical (unpaired) electrons. The van der Waals surface area contributed by atoms with Crippen LogP contribution in [0, 0.1) is 5.92 Å². The van der Waals surface area contributed by atoms with Crippen LogP contribution in [0.4, 0.5) is 0 Å². The van der Waals surface area contributed by atoms with Crippen LogP contribution in [-0.2, 0) is 0 Å². The fourth-order valence-electron chi connectivity index (χ4n) is 1.67. The highest BCUT2D eigenvalue weighted by atomic mass is 35.5. The maximum Gasteiger partial charge on any atom is 0.191 e. The van der Waals surface area contributed by atoms with Crippen molar-refractivity contribution in [3.8, 4) is 0 Å². The predicted molar refractivity (Wildman–Crippen MR) is 89.8 cm³/mol. The molecule has 0 aromatic heterocycles. The summed E-state index contributed by atoms with van der Waals surface area (Å²) in [7, 11) is 0. The van der Waals surface area contributed by atoms with Crippen LogP contribution in [0.1, 0.15) is 39.4 Å². The van der Waals surface area contributed by atoms with Crippen molar-refractivity contribution >= 4 is 17.6 Å². The second-order valence-corrected chi connectivity index (χ2v) is 5.90. The van der Waals surface area contributed by atoms with Crippen molar-refractivity contribution < 1.29 is 5.11 Å². The highest BCUT2D eigenvalue weighted by Crippen LogP contribution is 2.16. The molecule has 1 aromatic carbocycles. The third-order valence-electron chi connectivity index (χ3n) is 3.39. The smallest absolute Gasteiger partial charge is 0.191 e. The molecule has 1 aromatic rings. The van der Waals surface area contributed by atoms with Crippen molar-refractivity contribution in [3.05, 3.63) is 34.9 Å². The van der Waals surface area contributed by atoms with Crippen molar-refractivity contribution in [3.63, 3.8) is 0 Å². The van der Waals surface area contributed by atoms with Gasteiger partial charge in [-0.05, 0) is 37.5 Å². The monoisotopic (exact) mass is 311 g/mol. The van der Waals surface area contributed by atoms with E-state index < -0.39 is 6.10 Å². The molecule has 0 saturated carbocycles. The van der Waals surface area contributed by atoms with Crippen LogP contribution in [0.25, 0.3) is 0 Å². The standard InChI is InChI=1S/C16H26ClN3O/c1-5-18-16(20-12(4)11(2)3)19-10-15(21)13-6-8-14(17)9-7-13/h6-9,11-12,15,21H,5,10H2,1-4H3,(H2,18,19,20). The first-order chi connectivity index (χ1) is 9.93. The Kier molecular flexibility index (Phi) is 7.54. The number of hydrogen-bond acceptors (Lipinski definition) is 2. The lowest BCUT2D eigenvalue weighted by Gasteiger charge is -2.21. The zero-order valence-corrected chi connectivity index (χ0v) is 14.0. The number of aliphatic imine (C=N–C) groups is 1. The third-order valence-corrected chi connectivity index (χ3v) is 3.64. The van der Waals surface area contributed by atoms with Crippen molar-refractivity contribution in [2.45, 2.75) is 39.8 Å². The van der Waals surface area contributed by atoms with Gasteiger partial charge in [0, 0.05) is 17.6 Å². The van der Waals surface area contributed by atoms with Crippen molar-refractivity contribution in [1.29, 1.82) is 0 Å². The summed E-state index contributed by atoms with van der Waals surface area (Å²) in [5, 5.41) is 17.4. The molecule has 2 atom stereocenters. The maximum atomic E-state index is 10.2. The number of rotatable bonds is 6. The fraction of sp³-hybridized carbons (Fsp3) is 0.562. The van der Waals surface area contributed by atoms with Gasteiger partial charge in [-0.2, -0.15) is 0 Å². The van der Waals surface area contributed by atoms with Gasteiger partial charge >= 0.3 is 0 Å². The van der Waals surface area contributed by atoms with Gasteiger partial charge in [0.05, 0.1) is 12.6 Å². The average Bonchev–Trinajstić information content (AvgIpc) is 2.45. The number of aliphatic hydroxyl groups is 1. The quantitative estimate of drug-likeness (QED) is 0.559. The Labute approximate surface area is 132 Å². The zero-order chi connectivity index (χ0) is 15.8. The number of guanidine groups is 1. The van der Waals surface area contributed by atoms with Crippen molar-refractivity contribution in [2.24, 2.45) is 10.9 Å². The molecule has 0 spiro atoms. The second-order valence-electron chi connectivity index (χ2n) is 5.46. The largest absolute Gasteiger partial charge is 0.386 e. The van der Waals surface area contributed by atoms with Gasteiger partial charge in [-0.25, -0.2) is 0 Å². The van der Waals surface area contributed by atoms with E-state index in [1.807, 2.05) is 19.1 Å². The first-order valence-electron chi connectivity index (χ1n) is 7.42. The van der Waals surface area contributed by atoms with E-state index in [2.05, 4.69) is 36.4 Å². The summed E-state index contributed by atoms with van der Waals surface area (Å²) >= 11 is 5.84. The van der Waals surface area contributed by atoms with Gasteiger partial charge in [-0.3, -0.25) is 4.99 Å². The molecule has 0 aliphatic heterocycles. The average molecular weight is 312 g/mol. The third kappa shape index (κ3) is 6.36. The molecule has 21 heavy (non-hydrogen) atoms. The number of nitrogens with zero attached hydrogens (tertiary/aromatic N) is 1. The highest BCUT2D eigenvalue weighted by molar-refractivity contribution is 6.30. The molecule has 0 heterocycles. The molecule has 0 saturated heterocycles. The number of aliphatic hydroxyl groups excluding tert-OH is 1. The SMILES string of the molecule is CCNC(=NCC(O)c1ccc(Cl)cc1)NC(C)C(C)C. The van der Waals surface area contributed by atoms with Gasteiger partial charge in [0.2, 0.25) is 0 Å². The molecular formula is C16H26ClN3O. The van der Waals surface area contributed by atoms with E-state index in [-0.39, 0.29) is 0 Å². The molecule has 2 unspecified atom stereocenters. The minimum Gasteiger partial charge on any atom is -0.386 e. The first-order valence-corrected chi connectivity index (χ1v) is 7.80. The van der Waals surface area contributed by atoms with E-state index in [0.717, 1.165) is 18.1 Å². The van der Waals surface area contributed by atoms with E-state index in [1.54, 1.807) is 12.1 Å². The minimum absolute atomic E-state index is 0.307. The summed E-state index contributed by atoms with van der Waals surface area (Å²) in [5.74, 6) is 1.24. The van der Waals surface area contributed by atoms with Crippen LogP contribution in [0.15, 0.2) is 29.3 Å². The lowest BCUT2D eigenvalue weighted by Crippen LogP contribution is -2.44. The van der Waals surface area contributed by atoms with Crippen LogP contribution in [0.5, 0.6) is 0 Å². The van der Waals surface area contributed by atoms with Crippen LogP contribution < -0.4 is 10.6 Å². The Balaban J connectivity index is 2.66. The summed E-state index contributed by atoms with van der Waals surface area (Å²) in [6, 6.07) is 7.50. The van der Waals surface area contributed by atoms with Gasteiger partial charge < -0.3 is 15.7 Å². The van der Waals surface area contributed by atoms with E-state index in [4.69, 9.17) is 11.6 Å². The summed E-state index contributed by atoms with van der Waals surface area (Å²) in [6.07, 6.45) is -0.632. The number of benzene rings is 1. The topological polar surface area (TPSA) is 56.7 Å². The summed E-state index contributed by atoms with van der Waals surface area (Å²) < 4.78 is 0. The van der Waals surface area contributed by atoms with Crippen LogP contribution in [-0.4, -0.2) is 30.2 Å². The highest BCUT2D eigenvalue weighted by Gasteiger charge is 2.11. The van der Waals surface area contributed by atoms with Crippen LogP contribution in [0.2, 0.25) is 5.02 Å². The Morgan fingerprint density at radius 3 is 2.38 bits per heavy atom. The molecule has 0 aliphatic rings. The molecular weight excluding hydrogens is 286 g/mol. The van der Waals surface area contributed by atoms with Crippen molar-refractivity contribution in [2.75, 3.05) is 13.1 Å². The summed E-state index contributed by atoms with van der Waals surface area (Å²) in [5.41, 5.74) is 0.816. The second kappa shape index (κ2) is 8.90. The molecule has 118 valence electrons. The lowest BCUT2D eigenvalue weighted by atomic mass is 10.1. The van der Waals surface area contributed by atoms with Gasteiger partial charge in [-0.1, -0.05) is 37.6 Å². The molecule has 0 bridgehead atoms. The Hall–Kier alpha value is -1.26. The van der Waals surface area contributed by atoms with E-state index in [0.29, 0.717) is 23.5 Å². The summed E-state index contributed by atoms with van der Waals surface area (Å²) in [6.45, 7) is 9.54. The van der Waals surface area contributed by atoms with Crippen LogP contribution in [0.3, 0.4) is 0 Å². The number of halogens is 1. The normalized spacial score (nSPS) is 14.9. The minimum atomic E-state index is -0.632. The molecule has 0 aliphatic carbocycles. The molecule has 0 fully saturated rings. The van der Waals surface area contributed by atoms with E-state index in [1.165, 1.54) is 0 Å². The molecule has 3 N–H and O–H groups in total. The summed E-state index contributed by atoms with van der Waals surface area (Å²) in [4.78, 5) is 4.45. The van der Waals surface area contributed by atoms with Gasteiger partial charge in [0.1, 0.15) is 0 Å². The molecule has 4 nitrogen and oxygen atoms in total. The van der Waals surface area contributed by atoms with Gasteiger partial charge in [-0.15, -0.1) is 0 Å². The van der Waals surface area contributed by atoms with E-state index >= 15 is 0 Å². The van der Waals surface area contributed by atoms with Crippen LogP contribution >= 0.6 is 11.6 Å². The Morgan fingerprint density at radius 2 is 1.86 bits per heavy atom. The molecule has 5 heteroatoms. The van der Waals surface area contributed by atoms with Gasteiger partial charge in [0.25, 0.3) is 0 Å². The first kappa shape index (κ1) is 17.8. The van der Waals surface area contributed by atoms with E-state index in [9.17, 15) is 5.11 Å². The molecule has 1 rings (SSSR count). The number of nitrogens with one attached hydrogen (secondary N) is 2. The Morgan fingerprint density at radius 1 is 1.24 bits per heavy atom. The fourth-order valence-corrected chi connectivity index (χ4v) is 1.80. The number of hydrogen-bond donors (Lipinski definition) is 3. The van der Waals surface area contributed by atoms with Crippen molar-refractivity contribution in [1.82, 2.24) is 10.6 Å². The molecule has 0 amide bonds. The Bertz CT molecular complexity index is 445. The predicted octanol–water partition coefficient (Wildman–Crippen LogP) is 2.97. The zero-order valence-electron chi connectivity index (χ0n) is 13.2. The van der Waals surface area contributed by atoms with Gasteiger partial charge in [0.15, 0.2) is 5.96 Å².